The number of benzene rings is 1. The average molecular weight is 623 g/mol. The number of hydrogen-bond acceptors (Lipinski definition) is 5. The number of ether oxygens (including phenoxy) is 1. The van der Waals surface area contributed by atoms with Gasteiger partial charge in [-0.05, 0) is 103 Å². The third kappa shape index (κ3) is 4.59. The molecular weight excluding hydrogens is 572 g/mol. The van der Waals surface area contributed by atoms with Gasteiger partial charge in [0.1, 0.15) is 11.8 Å². The van der Waals surface area contributed by atoms with Gasteiger partial charge in [-0.15, -0.1) is 0 Å². The van der Waals surface area contributed by atoms with Crippen molar-refractivity contribution in [3.8, 4) is 11.8 Å². The van der Waals surface area contributed by atoms with Gasteiger partial charge < -0.3 is 10.1 Å². The number of carbonyl (C=O) groups is 3. The molecule has 1 amide bonds. The molecule has 7 atom stereocenters. The van der Waals surface area contributed by atoms with E-state index in [4.69, 9.17) is 4.74 Å². The van der Waals surface area contributed by atoms with Crippen molar-refractivity contribution in [1.29, 1.82) is 5.26 Å². The van der Waals surface area contributed by atoms with E-state index in [0.29, 0.717) is 0 Å². The summed E-state index contributed by atoms with van der Waals surface area (Å²) in [6.07, 6.45) is 13.4. The van der Waals surface area contributed by atoms with Crippen LogP contribution in [-0.4, -0.2) is 30.1 Å². The van der Waals surface area contributed by atoms with Gasteiger partial charge in [0, 0.05) is 28.4 Å². The van der Waals surface area contributed by atoms with Crippen LogP contribution in [0, 0.1) is 56.2 Å². The van der Waals surface area contributed by atoms with Crippen LogP contribution in [0.4, 0.5) is 0 Å². The van der Waals surface area contributed by atoms with Gasteiger partial charge in [-0.25, -0.2) is 0 Å². The van der Waals surface area contributed by atoms with Crippen molar-refractivity contribution in [2.24, 2.45) is 44.8 Å². The van der Waals surface area contributed by atoms with Crippen LogP contribution in [0.15, 0.2) is 53.6 Å². The summed E-state index contributed by atoms with van der Waals surface area (Å²) in [6, 6.07) is 9.81. The lowest BCUT2D eigenvalue weighted by molar-refractivity contribution is -0.163. The third-order valence-corrected chi connectivity index (χ3v) is 13.8. The molecule has 0 aliphatic heterocycles. The Labute approximate surface area is 274 Å². The minimum absolute atomic E-state index is 0.00979. The predicted molar refractivity (Wildman–Crippen MR) is 179 cm³/mol. The van der Waals surface area contributed by atoms with Gasteiger partial charge in [0.05, 0.1) is 12.7 Å². The zero-order chi connectivity index (χ0) is 33.5. The minimum atomic E-state index is -0.684. The molecule has 0 radical (unpaired) electrons. The number of methoxy groups -OCH3 is 1. The first kappa shape index (κ1) is 32.5. The lowest BCUT2D eigenvalue weighted by Crippen LogP contribution is -2.69. The molecule has 5 aliphatic rings. The maximum absolute atomic E-state index is 14.7. The summed E-state index contributed by atoms with van der Waals surface area (Å²) in [5.41, 5.74) is 0.00418. The summed E-state index contributed by atoms with van der Waals surface area (Å²) >= 11 is 0. The highest BCUT2D eigenvalue weighted by Gasteiger charge is 2.70. The number of hydrogen-bond donors (Lipinski definition) is 1. The second-order valence-electron chi connectivity index (χ2n) is 17.0. The van der Waals surface area contributed by atoms with E-state index in [1.54, 1.807) is 13.2 Å². The van der Waals surface area contributed by atoms with Crippen molar-refractivity contribution < 1.29 is 19.1 Å². The van der Waals surface area contributed by atoms with E-state index in [1.807, 2.05) is 56.3 Å². The van der Waals surface area contributed by atoms with Crippen LogP contribution in [0.5, 0.6) is 5.75 Å². The Balaban J connectivity index is 1.39. The zero-order valence-corrected chi connectivity index (χ0v) is 28.9. The number of nitrogens with zero attached hydrogens (tertiary/aromatic N) is 1. The molecule has 0 aromatic heterocycles. The molecule has 0 saturated heterocycles. The van der Waals surface area contributed by atoms with Crippen LogP contribution < -0.4 is 10.1 Å². The van der Waals surface area contributed by atoms with Gasteiger partial charge in [0.25, 0.3) is 0 Å². The SMILES string of the molecule is COc1ccc(/C=C/C(=O)N[C@]23CCC(C)(C)C[C@H]2[C@H]2C(=O)C=C4[C@@]5(C)C=C(C#N)C(=O)C(C)(C)C5CC[C@@]4(C)[C@]2(C)CC3)cc1. The summed E-state index contributed by atoms with van der Waals surface area (Å²) in [5, 5.41) is 13.5. The zero-order valence-electron chi connectivity index (χ0n) is 28.9. The van der Waals surface area contributed by atoms with Gasteiger partial charge in [0.2, 0.25) is 5.91 Å². The number of amides is 1. The number of ketones is 2. The first-order valence-corrected chi connectivity index (χ1v) is 17.0. The Hall–Kier alpha value is -3.46. The summed E-state index contributed by atoms with van der Waals surface area (Å²) in [6.45, 7) is 15.4. The lowest BCUT2D eigenvalue weighted by Gasteiger charge is -2.69. The smallest absolute Gasteiger partial charge is 0.244 e. The number of nitrogens with one attached hydrogen (secondary N) is 1. The minimum Gasteiger partial charge on any atom is -0.497 e. The van der Waals surface area contributed by atoms with Gasteiger partial charge in [-0.3, -0.25) is 14.4 Å². The van der Waals surface area contributed by atoms with E-state index >= 15 is 0 Å². The molecule has 0 bridgehead atoms. The van der Waals surface area contributed by atoms with Crippen molar-refractivity contribution in [2.75, 3.05) is 7.11 Å². The van der Waals surface area contributed by atoms with E-state index in [1.165, 1.54) is 0 Å². The van der Waals surface area contributed by atoms with Crippen molar-refractivity contribution in [2.45, 2.75) is 99.0 Å². The molecule has 1 N–H and O–H groups in total. The Morgan fingerprint density at radius 2 is 1.65 bits per heavy atom. The fourth-order valence-electron chi connectivity index (χ4n) is 11.0. The van der Waals surface area contributed by atoms with Crippen LogP contribution in [0.2, 0.25) is 0 Å². The number of fused-ring (bicyclic) bond motifs is 7. The standard InChI is InChI=1S/C40H50N2O4/c1-35(2)17-19-40(42-32(44)14-11-25-9-12-27(46-8)13-10-25)20-18-39(7)33(28(40)23-35)29(43)21-31-37(5)22-26(24-41)34(45)36(3,4)30(37)15-16-38(31,39)6/h9-14,21-22,28,30,33H,15-20,23H2,1-8H3,(H,42,44)/b14-11+/t28-,30?,33-,37-,38+,39+,40-/m0/s1. The number of nitriles is 1. The quantitative estimate of drug-likeness (QED) is 0.346. The highest BCUT2D eigenvalue weighted by atomic mass is 16.5. The molecule has 46 heavy (non-hydrogen) atoms. The Morgan fingerprint density at radius 1 is 0.978 bits per heavy atom. The molecule has 1 aromatic rings. The monoisotopic (exact) mass is 622 g/mol. The largest absolute Gasteiger partial charge is 0.497 e. The second kappa shape index (κ2) is 10.5. The first-order chi connectivity index (χ1) is 21.5. The van der Waals surface area contributed by atoms with Crippen molar-refractivity contribution in [3.05, 3.63) is 59.2 Å². The van der Waals surface area contributed by atoms with Crippen molar-refractivity contribution >= 4 is 23.5 Å². The van der Waals surface area contributed by atoms with Gasteiger partial charge in [-0.1, -0.05) is 72.2 Å². The topological polar surface area (TPSA) is 96.3 Å². The fourth-order valence-corrected chi connectivity index (χ4v) is 11.0. The third-order valence-electron chi connectivity index (χ3n) is 13.8. The molecule has 5 aliphatic carbocycles. The molecule has 6 heteroatoms. The number of Topliss-reactive ketones (excluding diaryl/α,β-unsaturated/α-hetero) is 1. The lowest BCUT2D eigenvalue weighted by atomic mass is 9.35. The predicted octanol–water partition coefficient (Wildman–Crippen LogP) is 7.80. The summed E-state index contributed by atoms with van der Waals surface area (Å²) in [5.74, 6) is 0.515. The number of allylic oxidation sites excluding steroid dienone is 4. The maximum Gasteiger partial charge on any atom is 0.244 e. The maximum atomic E-state index is 14.7. The molecule has 6 rings (SSSR count). The van der Waals surface area contributed by atoms with Gasteiger partial charge in [-0.2, -0.15) is 5.26 Å². The summed E-state index contributed by atoms with van der Waals surface area (Å²) in [4.78, 5) is 41.7. The molecular formula is C40H50N2O4. The van der Waals surface area contributed by atoms with Crippen LogP contribution in [0.25, 0.3) is 6.08 Å². The van der Waals surface area contributed by atoms with Crippen molar-refractivity contribution in [1.82, 2.24) is 5.32 Å². The molecule has 1 aromatic carbocycles. The average Bonchev–Trinajstić information content (AvgIpc) is 3.00. The normalized spacial score (nSPS) is 39.1. The van der Waals surface area contributed by atoms with Gasteiger partial charge in [0.15, 0.2) is 11.6 Å². The van der Waals surface area contributed by atoms with E-state index in [9.17, 15) is 19.6 Å². The fraction of sp³-hybridized carbons (Fsp3) is 0.600. The Bertz CT molecular complexity index is 1620. The van der Waals surface area contributed by atoms with Crippen LogP contribution >= 0.6 is 0 Å². The molecule has 3 fully saturated rings. The second-order valence-corrected chi connectivity index (χ2v) is 17.0. The van der Waals surface area contributed by atoms with E-state index in [0.717, 1.165) is 61.8 Å². The van der Waals surface area contributed by atoms with Crippen LogP contribution in [0.1, 0.15) is 99.0 Å². The molecule has 1 unspecified atom stereocenters. The molecule has 0 spiro atoms. The molecule has 6 nitrogen and oxygen atoms in total. The Morgan fingerprint density at radius 3 is 2.30 bits per heavy atom. The highest BCUT2D eigenvalue weighted by Crippen LogP contribution is 2.73. The van der Waals surface area contributed by atoms with E-state index < -0.39 is 16.4 Å². The van der Waals surface area contributed by atoms with Crippen LogP contribution in [-0.2, 0) is 14.4 Å². The Kier molecular flexibility index (Phi) is 7.43. The molecule has 3 saturated carbocycles. The van der Waals surface area contributed by atoms with Crippen molar-refractivity contribution in [3.63, 3.8) is 0 Å². The molecule has 0 heterocycles. The number of carbonyl (C=O) groups excluding carboxylic acids is 3. The van der Waals surface area contributed by atoms with Crippen LogP contribution in [0.3, 0.4) is 0 Å². The first-order valence-electron chi connectivity index (χ1n) is 17.0. The number of rotatable bonds is 4. The van der Waals surface area contributed by atoms with E-state index in [2.05, 4.69) is 46.0 Å². The van der Waals surface area contributed by atoms with E-state index in [-0.39, 0.29) is 57.0 Å². The summed E-state index contributed by atoms with van der Waals surface area (Å²) < 4.78 is 5.26. The highest BCUT2D eigenvalue weighted by molar-refractivity contribution is 6.04. The molecule has 244 valence electrons. The summed E-state index contributed by atoms with van der Waals surface area (Å²) in [7, 11) is 1.63. The van der Waals surface area contributed by atoms with Gasteiger partial charge >= 0.3 is 0 Å².